The van der Waals surface area contributed by atoms with E-state index in [4.69, 9.17) is 4.99 Å². The van der Waals surface area contributed by atoms with E-state index in [1.807, 2.05) is 12.1 Å². The van der Waals surface area contributed by atoms with E-state index in [1.165, 1.54) is 13.5 Å². The van der Waals surface area contributed by atoms with Gasteiger partial charge in [-0.2, -0.15) is 0 Å². The number of nitrogens with one attached hydrogen (secondary N) is 3. The lowest BCUT2D eigenvalue weighted by Crippen LogP contribution is -2.57. The lowest BCUT2D eigenvalue weighted by Gasteiger charge is -2.61. The maximum atomic E-state index is 12.4. The molecule has 8 nitrogen and oxygen atoms in total. The van der Waals surface area contributed by atoms with E-state index in [2.05, 4.69) is 48.2 Å². The van der Waals surface area contributed by atoms with Crippen LogP contribution in [0.15, 0.2) is 32.8 Å². The Morgan fingerprint density at radius 2 is 2.00 bits per heavy atom. The van der Waals surface area contributed by atoms with Crippen molar-refractivity contribution < 1.29 is 0 Å². The molecule has 1 aliphatic heterocycles. The Morgan fingerprint density at radius 3 is 2.70 bits per heavy atom. The maximum Gasteiger partial charge on any atom is 0.328 e. The highest BCUT2D eigenvalue weighted by Crippen LogP contribution is 2.61. The first-order valence-corrected chi connectivity index (χ1v) is 12.2. The molecule has 8 heteroatoms. The van der Waals surface area contributed by atoms with Crippen LogP contribution in [0.3, 0.4) is 0 Å². The number of hydrogen-bond acceptors (Lipinski definition) is 4. The van der Waals surface area contributed by atoms with Crippen molar-refractivity contribution in [3.05, 3.63) is 39.0 Å². The zero-order valence-corrected chi connectivity index (χ0v) is 20.3. The molecular formula is C25H36N6O2. The average molecular weight is 453 g/mol. The Morgan fingerprint density at radius 1 is 1.21 bits per heavy atom. The van der Waals surface area contributed by atoms with Crippen molar-refractivity contribution in [1.82, 2.24) is 19.8 Å². The third kappa shape index (κ3) is 3.78. The molecule has 1 saturated heterocycles. The number of H-pyrrole nitrogens is 1. The highest BCUT2D eigenvalue weighted by atomic mass is 16.2. The normalized spacial score (nSPS) is 31.4. The molecule has 6 rings (SSSR count). The van der Waals surface area contributed by atoms with Crippen molar-refractivity contribution in [2.75, 3.05) is 25.0 Å². The van der Waals surface area contributed by atoms with Gasteiger partial charge in [0.2, 0.25) is 0 Å². The summed E-state index contributed by atoms with van der Waals surface area (Å²) in [6.07, 6.45) is 2.47. The number of anilines is 1. The van der Waals surface area contributed by atoms with Crippen LogP contribution in [0.4, 0.5) is 5.69 Å². The largest absolute Gasteiger partial charge is 0.340 e. The van der Waals surface area contributed by atoms with Crippen molar-refractivity contribution >= 4 is 22.5 Å². The molecule has 3 N–H and O–H groups in total. The van der Waals surface area contributed by atoms with E-state index in [0.29, 0.717) is 34.3 Å². The predicted octanol–water partition coefficient (Wildman–Crippen LogP) is 2.36. The van der Waals surface area contributed by atoms with Gasteiger partial charge in [-0.1, -0.05) is 20.8 Å². The second kappa shape index (κ2) is 8.01. The number of aromatic nitrogens is 2. The molecule has 2 heterocycles. The van der Waals surface area contributed by atoms with Gasteiger partial charge in [0.05, 0.1) is 16.9 Å². The van der Waals surface area contributed by atoms with Crippen molar-refractivity contribution in [3.8, 4) is 0 Å². The number of rotatable bonds is 2. The Hall–Kier alpha value is -2.61. The molecule has 3 aliphatic carbocycles. The summed E-state index contributed by atoms with van der Waals surface area (Å²) in [6.45, 7) is 12.1. The Bertz CT molecular complexity index is 1210. The Balaban J connectivity index is 1.48. The van der Waals surface area contributed by atoms with Gasteiger partial charge >= 0.3 is 5.69 Å². The topological polar surface area (TPSA) is 94.5 Å². The SMILES string of the molecule is C[C@@H]1C(N=C(Nc2ccc3c(=O)n(C)c(=O)[nH]c3c2)N2CCN[C@@H](C)C2)C[C@@H]2C[C@H]1C2(C)C. The lowest BCUT2D eigenvalue weighted by atomic mass is 9.45. The summed E-state index contributed by atoms with van der Waals surface area (Å²) in [6, 6.07) is 6.20. The van der Waals surface area contributed by atoms with Gasteiger partial charge in [-0.05, 0) is 61.1 Å². The fourth-order valence-electron chi connectivity index (χ4n) is 6.28. The number of hydrogen-bond donors (Lipinski definition) is 3. The van der Waals surface area contributed by atoms with E-state index in [-0.39, 0.29) is 5.56 Å². The molecule has 33 heavy (non-hydrogen) atoms. The molecule has 0 amide bonds. The standard InChI is InChI=1S/C25H36N6O2/c1-14-13-31(9-8-26-14)23(28-20-11-16-10-19(15(20)2)25(16,3)4)27-17-6-7-18-21(12-17)29-24(33)30(5)22(18)32/h6-7,12,14-16,19-20,26H,8-11,13H2,1-5H3,(H,27,28)(H,29,33)/t14-,15-,16-,19+,20?/m0/s1. The molecule has 1 unspecified atom stereocenters. The lowest BCUT2D eigenvalue weighted by molar-refractivity contribution is -0.108. The molecule has 1 aromatic carbocycles. The highest BCUT2D eigenvalue weighted by Gasteiger charge is 2.56. The molecule has 0 radical (unpaired) electrons. The van der Waals surface area contributed by atoms with Crippen LogP contribution in [-0.4, -0.2) is 52.1 Å². The number of guanidine groups is 1. The van der Waals surface area contributed by atoms with E-state index in [0.717, 1.165) is 54.1 Å². The van der Waals surface area contributed by atoms with Crippen LogP contribution >= 0.6 is 0 Å². The third-order valence-electron chi connectivity index (χ3n) is 8.63. The zero-order chi connectivity index (χ0) is 23.5. The number of aromatic amines is 1. The number of piperazine rings is 1. The molecular weight excluding hydrogens is 416 g/mol. The molecule has 4 aliphatic rings. The van der Waals surface area contributed by atoms with Gasteiger partial charge in [0, 0.05) is 38.4 Å². The van der Waals surface area contributed by atoms with E-state index in [9.17, 15) is 9.59 Å². The molecule has 4 fully saturated rings. The van der Waals surface area contributed by atoms with E-state index in [1.54, 1.807) is 6.07 Å². The second-order valence-electron chi connectivity index (χ2n) is 11.0. The van der Waals surface area contributed by atoms with Crippen LogP contribution in [0.2, 0.25) is 0 Å². The van der Waals surface area contributed by atoms with E-state index >= 15 is 0 Å². The minimum Gasteiger partial charge on any atom is -0.340 e. The second-order valence-corrected chi connectivity index (χ2v) is 11.0. The third-order valence-corrected chi connectivity index (χ3v) is 8.63. The fourth-order valence-corrected chi connectivity index (χ4v) is 6.28. The van der Waals surface area contributed by atoms with Crippen LogP contribution in [0.5, 0.6) is 0 Å². The van der Waals surface area contributed by atoms with Crippen LogP contribution in [-0.2, 0) is 7.05 Å². The number of benzene rings is 1. The quantitative estimate of drug-likeness (QED) is 0.480. The monoisotopic (exact) mass is 452 g/mol. The van der Waals surface area contributed by atoms with Crippen molar-refractivity contribution in [2.24, 2.45) is 35.2 Å². The number of aliphatic imine (C=N–C) groups is 1. The van der Waals surface area contributed by atoms with Crippen LogP contribution in [0.25, 0.3) is 10.9 Å². The first kappa shape index (κ1) is 22.2. The van der Waals surface area contributed by atoms with Gasteiger partial charge in [0.15, 0.2) is 5.96 Å². The van der Waals surface area contributed by atoms with Crippen molar-refractivity contribution in [2.45, 2.75) is 52.6 Å². The molecule has 3 saturated carbocycles. The Kier molecular flexibility index (Phi) is 5.39. The summed E-state index contributed by atoms with van der Waals surface area (Å²) >= 11 is 0. The van der Waals surface area contributed by atoms with E-state index < -0.39 is 5.69 Å². The molecule has 178 valence electrons. The van der Waals surface area contributed by atoms with Gasteiger partial charge in [0.25, 0.3) is 5.56 Å². The number of nitrogens with zero attached hydrogens (tertiary/aromatic N) is 3. The highest BCUT2D eigenvalue weighted by molar-refractivity contribution is 5.96. The number of fused-ring (bicyclic) bond motifs is 3. The van der Waals surface area contributed by atoms with Crippen LogP contribution in [0.1, 0.15) is 40.5 Å². The minimum absolute atomic E-state index is 0.289. The molecule has 5 atom stereocenters. The van der Waals surface area contributed by atoms with Crippen molar-refractivity contribution in [3.63, 3.8) is 0 Å². The summed E-state index contributed by atoms with van der Waals surface area (Å²) in [4.78, 5) is 35.0. The van der Waals surface area contributed by atoms with Crippen LogP contribution < -0.4 is 21.9 Å². The molecule has 1 aromatic heterocycles. The molecule has 2 aromatic rings. The van der Waals surface area contributed by atoms with Gasteiger partial charge < -0.3 is 20.5 Å². The maximum absolute atomic E-state index is 12.4. The Labute approximate surface area is 194 Å². The summed E-state index contributed by atoms with van der Waals surface area (Å²) in [7, 11) is 1.49. The summed E-state index contributed by atoms with van der Waals surface area (Å²) in [5, 5.41) is 7.56. The van der Waals surface area contributed by atoms with Gasteiger partial charge in [0.1, 0.15) is 0 Å². The smallest absolute Gasteiger partial charge is 0.328 e. The van der Waals surface area contributed by atoms with Crippen LogP contribution in [0, 0.1) is 23.2 Å². The van der Waals surface area contributed by atoms with Gasteiger partial charge in [-0.15, -0.1) is 0 Å². The van der Waals surface area contributed by atoms with Crippen molar-refractivity contribution in [1.29, 1.82) is 0 Å². The van der Waals surface area contributed by atoms with Gasteiger partial charge in [-0.3, -0.25) is 9.36 Å². The molecule has 0 spiro atoms. The predicted molar refractivity (Wildman–Crippen MR) is 133 cm³/mol. The molecule has 2 bridgehead atoms. The zero-order valence-electron chi connectivity index (χ0n) is 20.3. The minimum atomic E-state index is -0.410. The summed E-state index contributed by atoms with van der Waals surface area (Å²) in [5.74, 6) is 2.93. The first-order valence-electron chi connectivity index (χ1n) is 12.2. The van der Waals surface area contributed by atoms with Gasteiger partial charge in [-0.25, -0.2) is 9.79 Å². The summed E-state index contributed by atoms with van der Waals surface area (Å²) in [5.41, 5.74) is 1.09. The first-order chi connectivity index (χ1) is 15.6. The summed E-state index contributed by atoms with van der Waals surface area (Å²) < 4.78 is 1.10. The average Bonchev–Trinajstić information content (AvgIpc) is 2.77. The fraction of sp³-hybridized carbons (Fsp3) is 0.640.